The molecule has 1 aromatic heterocycles. The van der Waals surface area contributed by atoms with Crippen LogP contribution in [0, 0.1) is 6.92 Å². The molecule has 4 heteroatoms. The van der Waals surface area contributed by atoms with Gasteiger partial charge in [-0.15, -0.1) is 0 Å². The average Bonchev–Trinajstić information content (AvgIpc) is 2.48. The Morgan fingerprint density at radius 3 is 2.70 bits per heavy atom. The van der Waals surface area contributed by atoms with Crippen LogP contribution in [0.5, 0.6) is 5.75 Å². The first kappa shape index (κ1) is 14.3. The van der Waals surface area contributed by atoms with Crippen LogP contribution in [-0.2, 0) is 6.42 Å². The van der Waals surface area contributed by atoms with Gasteiger partial charge < -0.3 is 9.72 Å². The smallest absolute Gasteiger partial charge is 0.254 e. The number of rotatable bonds is 5. The number of aromatic nitrogens is 2. The van der Waals surface area contributed by atoms with E-state index in [1.807, 2.05) is 31.2 Å². The number of aromatic amines is 1. The molecular weight excluding hydrogens is 252 g/mol. The molecule has 1 aromatic carbocycles. The molecular formula is C16H20N2O2. The van der Waals surface area contributed by atoms with Crippen LogP contribution < -0.4 is 10.3 Å². The number of H-pyrrole nitrogens is 1. The van der Waals surface area contributed by atoms with E-state index in [0.717, 1.165) is 17.7 Å². The third-order valence-corrected chi connectivity index (χ3v) is 3.14. The lowest BCUT2D eigenvalue weighted by Gasteiger charge is -2.12. The third kappa shape index (κ3) is 2.90. The fourth-order valence-electron chi connectivity index (χ4n) is 2.01. The van der Waals surface area contributed by atoms with Crippen LogP contribution >= 0.6 is 0 Å². The second-order valence-corrected chi connectivity index (χ2v) is 4.68. The van der Waals surface area contributed by atoms with Crippen molar-refractivity contribution in [3.63, 3.8) is 0 Å². The lowest BCUT2D eigenvalue weighted by molar-refractivity contribution is 0.318. The highest BCUT2D eigenvalue weighted by Gasteiger charge is 2.13. The van der Waals surface area contributed by atoms with Crippen LogP contribution in [-0.4, -0.2) is 16.6 Å². The Morgan fingerprint density at radius 2 is 2.00 bits per heavy atom. The maximum absolute atomic E-state index is 12.0. The quantitative estimate of drug-likeness (QED) is 0.910. The largest absolute Gasteiger partial charge is 0.493 e. The molecule has 0 radical (unpaired) electrons. The zero-order valence-corrected chi connectivity index (χ0v) is 12.2. The summed E-state index contributed by atoms with van der Waals surface area (Å²) >= 11 is 0. The molecule has 20 heavy (non-hydrogen) atoms. The first-order chi connectivity index (χ1) is 9.67. The molecule has 1 N–H and O–H groups in total. The number of aryl methyl sites for hydroxylation is 1. The predicted octanol–water partition coefficient (Wildman–Crippen LogP) is 3.10. The van der Waals surface area contributed by atoms with Gasteiger partial charge in [-0.1, -0.05) is 26.0 Å². The second-order valence-electron chi connectivity index (χ2n) is 4.68. The highest BCUT2D eigenvalue weighted by molar-refractivity contribution is 5.69. The van der Waals surface area contributed by atoms with Gasteiger partial charge in [0.2, 0.25) is 0 Å². The minimum Gasteiger partial charge on any atom is -0.493 e. The van der Waals surface area contributed by atoms with E-state index in [1.165, 1.54) is 0 Å². The van der Waals surface area contributed by atoms with Gasteiger partial charge in [0.05, 0.1) is 12.3 Å². The molecule has 0 aliphatic rings. The normalized spacial score (nSPS) is 10.6. The van der Waals surface area contributed by atoms with Crippen molar-refractivity contribution < 1.29 is 4.74 Å². The van der Waals surface area contributed by atoms with Crippen molar-refractivity contribution in [2.45, 2.75) is 33.6 Å². The van der Waals surface area contributed by atoms with Gasteiger partial charge in [-0.05, 0) is 25.5 Å². The lowest BCUT2D eigenvalue weighted by Crippen LogP contribution is -2.16. The molecule has 0 unspecified atom stereocenters. The molecule has 106 valence electrons. The Morgan fingerprint density at radius 1 is 1.25 bits per heavy atom. The summed E-state index contributed by atoms with van der Waals surface area (Å²) in [5.74, 6) is 1.47. The number of nitrogens with one attached hydrogen (secondary N) is 1. The second kappa shape index (κ2) is 6.37. The first-order valence-corrected chi connectivity index (χ1v) is 6.99. The van der Waals surface area contributed by atoms with Gasteiger partial charge in [0, 0.05) is 17.5 Å². The van der Waals surface area contributed by atoms with Gasteiger partial charge >= 0.3 is 0 Å². The molecule has 0 fully saturated rings. The summed E-state index contributed by atoms with van der Waals surface area (Å²) in [7, 11) is 0. The first-order valence-electron chi connectivity index (χ1n) is 6.99. The topological polar surface area (TPSA) is 55.0 Å². The van der Waals surface area contributed by atoms with E-state index in [0.29, 0.717) is 30.1 Å². The molecule has 0 atom stereocenters. The van der Waals surface area contributed by atoms with Crippen LogP contribution in [0.15, 0.2) is 29.1 Å². The summed E-state index contributed by atoms with van der Waals surface area (Å²) in [4.78, 5) is 19.3. The zero-order chi connectivity index (χ0) is 14.5. The summed E-state index contributed by atoms with van der Waals surface area (Å²) in [6, 6.07) is 7.72. The molecule has 0 aliphatic heterocycles. The Balaban J connectivity index is 2.56. The minimum absolute atomic E-state index is 0.0860. The maximum Gasteiger partial charge on any atom is 0.254 e. The van der Waals surface area contributed by atoms with Crippen LogP contribution in [0.1, 0.15) is 31.7 Å². The molecule has 1 heterocycles. The number of hydrogen-bond donors (Lipinski definition) is 1. The van der Waals surface area contributed by atoms with Crippen LogP contribution in [0.2, 0.25) is 0 Å². The number of para-hydroxylation sites is 1. The summed E-state index contributed by atoms with van der Waals surface area (Å²) in [6.07, 6.45) is 1.64. The van der Waals surface area contributed by atoms with Crippen molar-refractivity contribution in [2.75, 3.05) is 6.61 Å². The summed E-state index contributed by atoms with van der Waals surface area (Å²) in [5.41, 5.74) is 2.11. The highest BCUT2D eigenvalue weighted by Crippen LogP contribution is 2.29. The van der Waals surface area contributed by atoms with E-state index in [9.17, 15) is 4.79 Å². The number of benzene rings is 1. The zero-order valence-electron chi connectivity index (χ0n) is 12.2. The van der Waals surface area contributed by atoms with Gasteiger partial charge in [-0.2, -0.15) is 0 Å². The molecule has 0 aliphatic carbocycles. The molecule has 2 aromatic rings. The van der Waals surface area contributed by atoms with E-state index < -0.39 is 0 Å². The lowest BCUT2D eigenvalue weighted by atomic mass is 10.1. The van der Waals surface area contributed by atoms with Gasteiger partial charge in [-0.25, -0.2) is 4.98 Å². The fourth-order valence-corrected chi connectivity index (χ4v) is 2.01. The summed E-state index contributed by atoms with van der Waals surface area (Å²) in [6.45, 7) is 6.47. The fraction of sp³-hybridized carbons (Fsp3) is 0.375. The van der Waals surface area contributed by atoms with Crippen LogP contribution in [0.4, 0.5) is 0 Å². The molecule has 0 bridgehead atoms. The minimum atomic E-state index is -0.0860. The summed E-state index contributed by atoms with van der Waals surface area (Å²) < 4.78 is 5.76. The van der Waals surface area contributed by atoms with Gasteiger partial charge in [0.1, 0.15) is 11.6 Å². The van der Waals surface area contributed by atoms with Crippen molar-refractivity contribution in [2.24, 2.45) is 0 Å². The standard InChI is InChI=1S/C16H20N2O2/c1-4-10-20-13-9-7-6-8-12(13)15-11(3)16(19)18-14(5-2)17-15/h6-9H,4-5,10H2,1-3H3,(H,17,18,19). The van der Waals surface area contributed by atoms with Crippen molar-refractivity contribution in [1.29, 1.82) is 0 Å². The number of ether oxygens (including phenoxy) is 1. The van der Waals surface area contributed by atoms with Crippen molar-refractivity contribution in [3.8, 4) is 17.0 Å². The van der Waals surface area contributed by atoms with Gasteiger partial charge in [0.25, 0.3) is 5.56 Å². The van der Waals surface area contributed by atoms with Gasteiger partial charge in [-0.3, -0.25) is 4.79 Å². The van der Waals surface area contributed by atoms with Crippen molar-refractivity contribution in [3.05, 3.63) is 46.0 Å². The van der Waals surface area contributed by atoms with Crippen molar-refractivity contribution >= 4 is 0 Å². The van der Waals surface area contributed by atoms with Crippen LogP contribution in [0.3, 0.4) is 0 Å². The third-order valence-electron chi connectivity index (χ3n) is 3.14. The van der Waals surface area contributed by atoms with E-state index in [-0.39, 0.29) is 5.56 Å². The Kier molecular flexibility index (Phi) is 4.56. The highest BCUT2D eigenvalue weighted by atomic mass is 16.5. The predicted molar refractivity (Wildman–Crippen MR) is 80.2 cm³/mol. The molecule has 4 nitrogen and oxygen atoms in total. The van der Waals surface area contributed by atoms with Crippen molar-refractivity contribution in [1.82, 2.24) is 9.97 Å². The molecule has 0 saturated heterocycles. The van der Waals surface area contributed by atoms with Gasteiger partial charge in [0.15, 0.2) is 0 Å². The number of nitrogens with zero attached hydrogens (tertiary/aromatic N) is 1. The molecule has 0 spiro atoms. The molecule has 2 rings (SSSR count). The SMILES string of the molecule is CCCOc1ccccc1-c1nc(CC)[nH]c(=O)c1C. The van der Waals surface area contributed by atoms with E-state index in [4.69, 9.17) is 4.74 Å². The van der Waals surface area contributed by atoms with Crippen LogP contribution in [0.25, 0.3) is 11.3 Å². The molecule has 0 amide bonds. The van der Waals surface area contributed by atoms with E-state index in [2.05, 4.69) is 16.9 Å². The Hall–Kier alpha value is -2.10. The Bertz CT molecular complexity index is 647. The monoisotopic (exact) mass is 272 g/mol. The number of hydrogen-bond acceptors (Lipinski definition) is 3. The average molecular weight is 272 g/mol. The molecule has 0 saturated carbocycles. The van der Waals surface area contributed by atoms with E-state index >= 15 is 0 Å². The Labute approximate surface area is 118 Å². The summed E-state index contributed by atoms with van der Waals surface area (Å²) in [5, 5.41) is 0. The maximum atomic E-state index is 12.0. The van der Waals surface area contributed by atoms with E-state index in [1.54, 1.807) is 6.92 Å².